The Kier molecular flexibility index (Phi) is 14.6. The molecule has 8 aromatic rings. The van der Waals surface area contributed by atoms with E-state index in [1.54, 1.807) is 22.3 Å². The largest absolute Gasteiger partial charge is 0.309 e. The molecule has 0 amide bonds. The van der Waals surface area contributed by atoms with Crippen LogP contribution in [0.15, 0.2) is 146 Å². The summed E-state index contributed by atoms with van der Waals surface area (Å²) in [4.78, 5) is 5.89. The van der Waals surface area contributed by atoms with Gasteiger partial charge in [-0.2, -0.15) is 0 Å². The van der Waals surface area contributed by atoms with Crippen molar-refractivity contribution in [2.75, 3.05) is 9.80 Å². The van der Waals surface area contributed by atoms with Gasteiger partial charge in [0.1, 0.15) is 0 Å². The van der Waals surface area contributed by atoms with Crippen LogP contribution in [0, 0.1) is 71.0 Å². The molecular weight excluding hydrogens is 1230 g/mol. The highest BCUT2D eigenvalue weighted by Gasteiger charge is 2.57. The maximum absolute atomic E-state index is 3.08. The van der Waals surface area contributed by atoms with Crippen LogP contribution in [0.3, 0.4) is 0 Å². The van der Waals surface area contributed by atoms with Crippen molar-refractivity contribution in [3.8, 4) is 11.1 Å². The van der Waals surface area contributed by atoms with Gasteiger partial charge in [-0.25, -0.2) is 0 Å². The van der Waals surface area contributed by atoms with E-state index < -0.39 is 0 Å². The van der Waals surface area contributed by atoms with Gasteiger partial charge in [0.05, 0.1) is 11.4 Å². The van der Waals surface area contributed by atoms with E-state index in [1.807, 2.05) is 0 Å². The van der Waals surface area contributed by atoms with Crippen molar-refractivity contribution in [3.05, 3.63) is 190 Å². The van der Waals surface area contributed by atoms with Crippen LogP contribution < -0.4 is 9.80 Å². The molecule has 16 fully saturated rings. The third-order valence-electron chi connectivity index (χ3n) is 31.3. The summed E-state index contributed by atoms with van der Waals surface area (Å²) < 4.78 is 0. The van der Waals surface area contributed by atoms with E-state index in [0.29, 0.717) is 0 Å². The number of hydrogen-bond acceptors (Lipinski definition) is 2. The van der Waals surface area contributed by atoms with Gasteiger partial charge in [-0.1, -0.05) is 174 Å². The first-order valence-electron chi connectivity index (χ1n) is 41.9. The highest BCUT2D eigenvalue weighted by Crippen LogP contribution is 2.68. The van der Waals surface area contributed by atoms with Crippen LogP contribution in [0.4, 0.5) is 34.1 Å². The van der Waals surface area contributed by atoms with Crippen molar-refractivity contribution >= 4 is 55.7 Å². The molecule has 16 aliphatic carbocycles. The fourth-order valence-corrected chi connectivity index (χ4v) is 28.0. The Hall–Kier alpha value is -6.12. The minimum atomic E-state index is -0.0973. The molecule has 0 heterocycles. The normalized spacial score (nSPS) is 33.9. The summed E-state index contributed by atoms with van der Waals surface area (Å²) in [7, 11) is 0. The zero-order valence-corrected chi connectivity index (χ0v) is 64.6. The molecule has 2 nitrogen and oxygen atoms in total. The summed E-state index contributed by atoms with van der Waals surface area (Å²) in [6.45, 7) is 29.2. The second-order valence-electron chi connectivity index (χ2n) is 42.9. The van der Waals surface area contributed by atoms with E-state index in [0.717, 1.165) is 71.0 Å². The lowest BCUT2D eigenvalue weighted by Crippen LogP contribution is -2.50. The van der Waals surface area contributed by atoms with E-state index in [-0.39, 0.29) is 43.3 Å². The van der Waals surface area contributed by atoms with Crippen molar-refractivity contribution < 1.29 is 0 Å². The van der Waals surface area contributed by atoms with Crippen LogP contribution in [0.2, 0.25) is 0 Å². The first-order chi connectivity index (χ1) is 48.6. The fourth-order valence-electron chi connectivity index (χ4n) is 28.0. The Morgan fingerprint density at radius 2 is 0.480 bits per heavy atom. The quantitative estimate of drug-likeness (QED) is 0.0941. The van der Waals surface area contributed by atoms with Crippen LogP contribution in [-0.2, 0) is 43.3 Å². The number of anilines is 6. The molecule has 0 spiro atoms. The van der Waals surface area contributed by atoms with Gasteiger partial charge in [-0.15, -0.1) is 0 Å². The zero-order valence-electron chi connectivity index (χ0n) is 64.6. The third kappa shape index (κ3) is 10.8. The summed E-state index contributed by atoms with van der Waals surface area (Å²) in [6.07, 6.45) is 34.3. The first kappa shape index (κ1) is 65.4. The van der Waals surface area contributed by atoms with E-state index >= 15 is 0 Å². The predicted octanol–water partition coefficient (Wildman–Crippen LogP) is 27.7. The number of hydrogen-bond donors (Lipinski definition) is 0. The summed E-state index contributed by atoms with van der Waals surface area (Å²) in [5, 5.41) is 5.36. The van der Waals surface area contributed by atoms with Crippen molar-refractivity contribution in [2.24, 2.45) is 71.0 Å². The van der Waals surface area contributed by atoms with E-state index in [1.165, 1.54) is 243 Å². The monoisotopic (exact) mass is 1350 g/mol. The fraction of sp³-hybridized carbons (Fsp3) is 0.560. The molecule has 16 bridgehead atoms. The van der Waals surface area contributed by atoms with Gasteiger partial charge in [0, 0.05) is 44.3 Å². The van der Waals surface area contributed by atoms with Crippen molar-refractivity contribution in [1.82, 2.24) is 0 Å². The van der Waals surface area contributed by atoms with E-state index in [2.05, 4.69) is 238 Å². The van der Waals surface area contributed by atoms with E-state index in [4.69, 9.17) is 0 Å². The average molecular weight is 1350 g/mol. The smallest absolute Gasteiger partial charge is 0.0620 e. The highest BCUT2D eigenvalue weighted by molar-refractivity contribution is 6.24. The maximum atomic E-state index is 3.08. The molecule has 16 saturated carbocycles. The van der Waals surface area contributed by atoms with Crippen LogP contribution in [0.25, 0.3) is 32.7 Å². The Labute approximate surface area is 614 Å². The SMILES string of the molecule is CC(C)(C)c1cc(N(c2cc(C(C)(C)C)cc(C(C)(C)C)c2)c2c3ccccc3c(N(c3cc(C45CC6CC(CC(C6)C4)C5)cc(C45CC6CC(CC(C6)C4)C5)c3)c3cc(C45CC6CC(CC(C6)C4)C5)cc(C45CC6CC(CC(C6)C4)C5)c3)c3ccc(-c4ccccc4)cc23)cc(C(C)(C)C)c1. The standard InChI is InChI=1S/C100H120N2/c1-93(2,3)75-37-76(94(4,5)6)42-83(41-75)102(84-43-77(95(7,8)9)38-78(44-84)96(10,11)12)92-88-21-17-16-20-87(88)91(89-23-22-74(36-90(89)92)73-18-14-13-15-19-73)101(85-45-79(97-49-61-24-62(50-97)26-63(25-61)51-97)39-80(46-85)98-52-64-27-65(53-98)29-66(28-64)54-98)86-47-81(99-55-67-30-68(56-99)32-69(31-67)57-99)40-82(48-86)100-58-70-33-71(59-100)35-72(34-70)60-100/h13-23,36-48,61-72H,24-35,49-60H2,1-12H3. The molecule has 0 aromatic heterocycles. The Morgan fingerprint density at radius 3 is 0.755 bits per heavy atom. The van der Waals surface area contributed by atoms with Gasteiger partial charge in [-0.05, 0) is 379 Å². The van der Waals surface area contributed by atoms with Gasteiger partial charge >= 0.3 is 0 Å². The number of fused-ring (bicyclic) bond motifs is 2. The number of rotatable bonds is 11. The Morgan fingerprint density at radius 1 is 0.235 bits per heavy atom. The summed E-state index contributed by atoms with van der Waals surface area (Å²) in [5.74, 6) is 10.4. The minimum absolute atomic E-state index is 0.0973. The highest BCUT2D eigenvalue weighted by atomic mass is 15.2. The molecule has 0 aliphatic heterocycles. The molecule has 102 heavy (non-hydrogen) atoms. The summed E-state index contributed by atoms with van der Waals surface area (Å²) in [6, 6.07) is 62.5. The lowest BCUT2D eigenvalue weighted by atomic mass is 9.46. The molecule has 530 valence electrons. The second kappa shape index (κ2) is 22.7. The van der Waals surface area contributed by atoms with Gasteiger partial charge < -0.3 is 9.80 Å². The topological polar surface area (TPSA) is 6.48 Å². The molecule has 0 unspecified atom stereocenters. The predicted molar refractivity (Wildman–Crippen MR) is 430 cm³/mol. The molecule has 0 saturated heterocycles. The summed E-state index contributed by atoms with van der Waals surface area (Å²) in [5.41, 5.74) is 23.6. The molecule has 24 rings (SSSR count). The molecule has 0 N–H and O–H groups in total. The lowest BCUT2D eigenvalue weighted by molar-refractivity contribution is -0.00851. The van der Waals surface area contributed by atoms with E-state index in [9.17, 15) is 0 Å². The first-order valence-corrected chi connectivity index (χ1v) is 41.9. The molecular formula is C100H120N2. The van der Waals surface area contributed by atoms with Crippen LogP contribution in [0.5, 0.6) is 0 Å². The Bertz CT molecular complexity index is 4130. The molecule has 0 atom stereocenters. The molecule has 0 radical (unpaired) electrons. The van der Waals surface area contributed by atoms with Crippen LogP contribution >= 0.6 is 0 Å². The maximum Gasteiger partial charge on any atom is 0.0620 e. The van der Waals surface area contributed by atoms with Gasteiger partial charge in [0.2, 0.25) is 0 Å². The Balaban J connectivity index is 0.927. The minimum Gasteiger partial charge on any atom is -0.309 e. The molecule has 16 aliphatic rings. The van der Waals surface area contributed by atoms with Gasteiger partial charge in [0.25, 0.3) is 0 Å². The van der Waals surface area contributed by atoms with Gasteiger partial charge in [-0.3, -0.25) is 0 Å². The average Bonchev–Trinajstić information content (AvgIpc) is 0.703. The zero-order chi connectivity index (χ0) is 69.6. The molecule has 8 aromatic carbocycles. The lowest BCUT2D eigenvalue weighted by Gasteiger charge is -2.59. The number of benzene rings is 8. The molecule has 2 heteroatoms. The van der Waals surface area contributed by atoms with Crippen molar-refractivity contribution in [3.63, 3.8) is 0 Å². The summed E-state index contributed by atoms with van der Waals surface area (Å²) >= 11 is 0. The van der Waals surface area contributed by atoms with Crippen molar-refractivity contribution in [2.45, 2.75) is 281 Å². The van der Waals surface area contributed by atoms with Crippen LogP contribution in [0.1, 0.15) is 282 Å². The van der Waals surface area contributed by atoms with Crippen molar-refractivity contribution in [1.29, 1.82) is 0 Å². The van der Waals surface area contributed by atoms with Gasteiger partial charge in [0.15, 0.2) is 0 Å². The second-order valence-corrected chi connectivity index (χ2v) is 42.9. The third-order valence-corrected chi connectivity index (χ3v) is 31.3. The van der Waals surface area contributed by atoms with Crippen LogP contribution in [-0.4, -0.2) is 0 Å². The number of nitrogens with zero attached hydrogens (tertiary/aromatic N) is 2.